The van der Waals surface area contributed by atoms with E-state index in [1.807, 2.05) is 13.0 Å². The van der Waals surface area contributed by atoms with Gasteiger partial charge in [-0.15, -0.1) is 11.3 Å². The molecule has 4 unspecified atom stereocenters. The third kappa shape index (κ3) is 1.48. The van der Waals surface area contributed by atoms with E-state index in [4.69, 9.17) is 0 Å². The largest absolute Gasteiger partial charge is 0.317 e. The minimum atomic E-state index is -0.0418. The number of carbonyl (C=O) groups excluding carboxylic acids is 1. The topological polar surface area (TPSA) is 32.3 Å². The molecule has 0 bridgehead atoms. The van der Waals surface area contributed by atoms with Crippen molar-refractivity contribution in [3.05, 3.63) is 22.4 Å². The zero-order valence-corrected chi connectivity index (χ0v) is 10.3. The molecule has 4 heteroatoms. The van der Waals surface area contributed by atoms with Crippen molar-refractivity contribution >= 4 is 17.2 Å². The lowest BCUT2D eigenvalue weighted by atomic mass is 10.3. The normalized spacial score (nSPS) is 38.1. The highest BCUT2D eigenvalue weighted by Crippen LogP contribution is 2.42. The molecular formula is C12H16N2OS. The van der Waals surface area contributed by atoms with Crippen molar-refractivity contribution in [1.29, 1.82) is 0 Å². The second-order valence-electron chi connectivity index (χ2n) is 4.83. The van der Waals surface area contributed by atoms with Crippen LogP contribution in [0.5, 0.6) is 0 Å². The summed E-state index contributed by atoms with van der Waals surface area (Å²) in [5.74, 6) is 0.922. The van der Waals surface area contributed by atoms with Crippen LogP contribution in [0.25, 0.3) is 0 Å². The van der Waals surface area contributed by atoms with Gasteiger partial charge in [-0.2, -0.15) is 0 Å². The number of thiophene rings is 1. The summed E-state index contributed by atoms with van der Waals surface area (Å²) in [5, 5.41) is 5.45. The van der Waals surface area contributed by atoms with Gasteiger partial charge in [-0.05, 0) is 30.7 Å². The summed E-state index contributed by atoms with van der Waals surface area (Å²) in [6.07, 6.45) is 1.26. The van der Waals surface area contributed by atoms with Crippen molar-refractivity contribution in [2.45, 2.75) is 38.5 Å². The van der Waals surface area contributed by atoms with Crippen LogP contribution < -0.4 is 5.32 Å². The SMILES string of the molecule is CC1NC(c2cccs2)N(C2CC2C)C1=O. The van der Waals surface area contributed by atoms with E-state index >= 15 is 0 Å². The fourth-order valence-electron chi connectivity index (χ4n) is 2.45. The van der Waals surface area contributed by atoms with E-state index in [9.17, 15) is 4.79 Å². The molecule has 3 nitrogen and oxygen atoms in total. The Bertz CT molecular complexity index is 403. The second kappa shape index (κ2) is 3.57. The van der Waals surface area contributed by atoms with Crippen molar-refractivity contribution in [1.82, 2.24) is 10.2 Å². The molecule has 1 N–H and O–H groups in total. The molecule has 1 aliphatic heterocycles. The molecule has 86 valence electrons. The predicted molar refractivity (Wildman–Crippen MR) is 64.1 cm³/mol. The Hall–Kier alpha value is -0.870. The molecular weight excluding hydrogens is 220 g/mol. The van der Waals surface area contributed by atoms with Gasteiger partial charge in [0.2, 0.25) is 5.91 Å². The first-order valence-corrected chi connectivity index (χ1v) is 6.68. The molecule has 2 aliphatic rings. The van der Waals surface area contributed by atoms with Crippen molar-refractivity contribution in [3.8, 4) is 0 Å². The number of amides is 1. The predicted octanol–water partition coefficient (Wildman–Crippen LogP) is 1.98. The van der Waals surface area contributed by atoms with E-state index in [0.717, 1.165) is 6.42 Å². The first-order valence-electron chi connectivity index (χ1n) is 5.80. The van der Waals surface area contributed by atoms with Crippen LogP contribution in [-0.2, 0) is 4.79 Å². The number of hydrogen-bond donors (Lipinski definition) is 1. The summed E-state index contributed by atoms with van der Waals surface area (Å²) < 4.78 is 0. The third-order valence-electron chi connectivity index (χ3n) is 3.55. The van der Waals surface area contributed by atoms with Gasteiger partial charge in [-0.3, -0.25) is 10.1 Å². The summed E-state index contributed by atoms with van der Waals surface area (Å²) in [4.78, 5) is 15.4. The van der Waals surface area contributed by atoms with Gasteiger partial charge in [0.15, 0.2) is 0 Å². The molecule has 3 rings (SSSR count). The highest BCUT2D eigenvalue weighted by molar-refractivity contribution is 7.10. The number of carbonyl (C=O) groups is 1. The number of rotatable bonds is 2. The molecule has 0 spiro atoms. The van der Waals surface area contributed by atoms with Crippen molar-refractivity contribution in [3.63, 3.8) is 0 Å². The highest BCUT2D eigenvalue weighted by Gasteiger charge is 2.49. The molecule has 2 heterocycles. The summed E-state index contributed by atoms with van der Waals surface area (Å²) in [6.45, 7) is 4.17. The molecule has 0 radical (unpaired) electrons. The number of hydrogen-bond acceptors (Lipinski definition) is 3. The molecule has 1 amide bonds. The van der Waals surface area contributed by atoms with Crippen LogP contribution >= 0.6 is 11.3 Å². The lowest BCUT2D eigenvalue weighted by molar-refractivity contribution is -0.130. The first kappa shape index (κ1) is 10.3. The Kier molecular flexibility index (Phi) is 2.30. The van der Waals surface area contributed by atoms with Crippen LogP contribution in [0.15, 0.2) is 17.5 Å². The minimum Gasteiger partial charge on any atom is -0.317 e. The first-order chi connectivity index (χ1) is 7.68. The van der Waals surface area contributed by atoms with Gasteiger partial charge >= 0.3 is 0 Å². The fraction of sp³-hybridized carbons (Fsp3) is 0.583. The maximum absolute atomic E-state index is 12.1. The summed E-state index contributed by atoms with van der Waals surface area (Å²) in [6, 6.07) is 4.56. The molecule has 16 heavy (non-hydrogen) atoms. The van der Waals surface area contributed by atoms with Gasteiger partial charge < -0.3 is 4.90 Å². The Labute approximate surface area is 99.5 Å². The standard InChI is InChI=1S/C12H16N2OS/c1-7-6-9(7)14-11(10-4-3-5-16-10)13-8(2)12(14)15/h3-5,7-9,11,13H,6H2,1-2H3. The minimum absolute atomic E-state index is 0.0418. The van der Waals surface area contributed by atoms with Crippen LogP contribution in [0.4, 0.5) is 0 Å². The molecule has 4 atom stereocenters. The molecule has 2 fully saturated rings. The van der Waals surface area contributed by atoms with Crippen LogP contribution in [-0.4, -0.2) is 22.9 Å². The molecule has 1 saturated heterocycles. The summed E-state index contributed by atoms with van der Waals surface area (Å²) in [5.41, 5.74) is 0. The Morgan fingerprint density at radius 1 is 1.50 bits per heavy atom. The van der Waals surface area contributed by atoms with Gasteiger partial charge in [0.05, 0.1) is 6.04 Å². The Morgan fingerprint density at radius 2 is 2.25 bits per heavy atom. The molecule has 1 aromatic rings. The van der Waals surface area contributed by atoms with E-state index in [1.54, 1.807) is 11.3 Å². The maximum Gasteiger partial charge on any atom is 0.241 e. The van der Waals surface area contributed by atoms with Gasteiger partial charge in [0, 0.05) is 10.9 Å². The van der Waals surface area contributed by atoms with Gasteiger partial charge in [-0.1, -0.05) is 13.0 Å². The van der Waals surface area contributed by atoms with Gasteiger partial charge in [0.25, 0.3) is 0 Å². The smallest absolute Gasteiger partial charge is 0.241 e. The maximum atomic E-state index is 12.1. The molecule has 0 aromatic carbocycles. The van der Waals surface area contributed by atoms with Gasteiger partial charge in [0.1, 0.15) is 6.17 Å². The van der Waals surface area contributed by atoms with Gasteiger partial charge in [-0.25, -0.2) is 0 Å². The lowest BCUT2D eigenvalue weighted by Crippen LogP contribution is -2.33. The van der Waals surface area contributed by atoms with Crippen molar-refractivity contribution in [2.75, 3.05) is 0 Å². The zero-order chi connectivity index (χ0) is 11.3. The Morgan fingerprint density at radius 3 is 2.81 bits per heavy atom. The number of nitrogens with zero attached hydrogens (tertiary/aromatic N) is 1. The Balaban J connectivity index is 1.89. The quantitative estimate of drug-likeness (QED) is 0.851. The third-order valence-corrected chi connectivity index (χ3v) is 4.47. The van der Waals surface area contributed by atoms with Crippen molar-refractivity contribution in [2.24, 2.45) is 5.92 Å². The zero-order valence-electron chi connectivity index (χ0n) is 9.51. The molecule has 1 saturated carbocycles. The summed E-state index contributed by atoms with van der Waals surface area (Å²) in [7, 11) is 0. The van der Waals surface area contributed by atoms with E-state index in [1.165, 1.54) is 4.88 Å². The lowest BCUT2D eigenvalue weighted by Gasteiger charge is -2.23. The monoisotopic (exact) mass is 236 g/mol. The highest BCUT2D eigenvalue weighted by atomic mass is 32.1. The summed E-state index contributed by atoms with van der Waals surface area (Å²) >= 11 is 1.72. The van der Waals surface area contributed by atoms with E-state index < -0.39 is 0 Å². The number of nitrogens with one attached hydrogen (secondary N) is 1. The molecule has 1 aromatic heterocycles. The van der Waals surface area contributed by atoms with Crippen LogP contribution in [0.3, 0.4) is 0 Å². The van der Waals surface area contributed by atoms with Crippen molar-refractivity contribution < 1.29 is 4.79 Å². The van der Waals surface area contributed by atoms with Crippen LogP contribution in [0.1, 0.15) is 31.3 Å². The van der Waals surface area contributed by atoms with E-state index in [-0.39, 0.29) is 18.1 Å². The van der Waals surface area contributed by atoms with E-state index in [0.29, 0.717) is 12.0 Å². The second-order valence-corrected chi connectivity index (χ2v) is 5.81. The van der Waals surface area contributed by atoms with Crippen LogP contribution in [0, 0.1) is 5.92 Å². The average molecular weight is 236 g/mol. The average Bonchev–Trinajstić information content (AvgIpc) is 2.70. The molecule has 1 aliphatic carbocycles. The van der Waals surface area contributed by atoms with E-state index in [2.05, 4.69) is 28.6 Å². The fourth-order valence-corrected chi connectivity index (χ4v) is 3.23. The van der Waals surface area contributed by atoms with Crippen LogP contribution in [0.2, 0.25) is 0 Å².